The molecule has 2 aromatic rings. The molecule has 1 aliphatic carbocycles. The number of anilines is 3. The van der Waals surface area contributed by atoms with E-state index in [1.54, 1.807) is 6.07 Å². The van der Waals surface area contributed by atoms with Crippen LogP contribution < -0.4 is 11.1 Å². The minimum absolute atomic E-state index is 0.659. The van der Waals surface area contributed by atoms with Crippen LogP contribution in [-0.2, 0) is 12.8 Å². The van der Waals surface area contributed by atoms with Crippen LogP contribution in [0.5, 0.6) is 0 Å². The van der Waals surface area contributed by atoms with Gasteiger partial charge in [0.25, 0.3) is 0 Å². The van der Waals surface area contributed by atoms with E-state index in [4.69, 9.17) is 17.3 Å². The van der Waals surface area contributed by atoms with Crippen LogP contribution in [0.3, 0.4) is 0 Å². The van der Waals surface area contributed by atoms with Gasteiger partial charge in [0.2, 0.25) is 0 Å². The molecule has 0 aliphatic heterocycles. The van der Waals surface area contributed by atoms with Gasteiger partial charge >= 0.3 is 0 Å². The first-order valence-electron chi connectivity index (χ1n) is 6.16. The van der Waals surface area contributed by atoms with Crippen molar-refractivity contribution < 1.29 is 0 Å². The summed E-state index contributed by atoms with van der Waals surface area (Å²) in [6.45, 7) is 0. The Bertz CT molecular complexity index is 593. The van der Waals surface area contributed by atoms with E-state index < -0.39 is 0 Å². The molecule has 0 unspecified atom stereocenters. The molecule has 18 heavy (non-hydrogen) atoms. The molecule has 3 rings (SSSR count). The molecule has 1 aliphatic rings. The van der Waals surface area contributed by atoms with Gasteiger partial charge < -0.3 is 11.1 Å². The van der Waals surface area contributed by atoms with E-state index in [-0.39, 0.29) is 0 Å². The van der Waals surface area contributed by atoms with Crippen LogP contribution in [0.4, 0.5) is 17.1 Å². The fourth-order valence-electron chi connectivity index (χ4n) is 2.45. The maximum Gasteiger partial charge on any atom is 0.0618 e. The summed E-state index contributed by atoms with van der Waals surface area (Å²) >= 11 is 5.89. The lowest BCUT2D eigenvalue weighted by molar-refractivity contribution is 0.912. The zero-order valence-electron chi connectivity index (χ0n) is 10.0. The molecule has 0 spiro atoms. The molecule has 0 heterocycles. The van der Waals surface area contributed by atoms with Crippen molar-refractivity contribution >= 4 is 28.7 Å². The fourth-order valence-corrected chi connectivity index (χ4v) is 2.63. The number of rotatable bonds is 2. The van der Waals surface area contributed by atoms with Crippen molar-refractivity contribution in [2.45, 2.75) is 19.3 Å². The van der Waals surface area contributed by atoms with Crippen molar-refractivity contribution in [1.82, 2.24) is 0 Å². The maximum atomic E-state index is 5.94. The molecular formula is C15H15ClN2. The Morgan fingerprint density at radius 2 is 1.83 bits per heavy atom. The van der Waals surface area contributed by atoms with Crippen molar-refractivity contribution in [3.8, 4) is 0 Å². The fraction of sp³-hybridized carbons (Fsp3) is 0.200. The minimum Gasteiger partial charge on any atom is -0.397 e. The van der Waals surface area contributed by atoms with E-state index in [0.29, 0.717) is 10.7 Å². The smallest absolute Gasteiger partial charge is 0.0618 e. The van der Waals surface area contributed by atoms with Crippen LogP contribution in [-0.4, -0.2) is 0 Å². The average Bonchev–Trinajstić information content (AvgIpc) is 2.80. The third-order valence-electron chi connectivity index (χ3n) is 3.39. The van der Waals surface area contributed by atoms with Gasteiger partial charge in [0.15, 0.2) is 0 Å². The molecule has 3 N–H and O–H groups in total. The number of benzene rings is 2. The van der Waals surface area contributed by atoms with Gasteiger partial charge in [-0.05, 0) is 60.7 Å². The molecule has 2 nitrogen and oxygen atoms in total. The van der Waals surface area contributed by atoms with Gasteiger partial charge in [-0.3, -0.25) is 0 Å². The first-order valence-corrected chi connectivity index (χ1v) is 6.54. The standard InChI is InChI=1S/C15H15ClN2/c16-12-5-7-15(14(17)9-12)18-13-6-4-10-2-1-3-11(10)8-13/h4-9,18H,1-3,17H2. The number of nitrogen functional groups attached to an aromatic ring is 1. The lowest BCUT2D eigenvalue weighted by Crippen LogP contribution is -1.97. The average molecular weight is 259 g/mol. The zero-order valence-corrected chi connectivity index (χ0v) is 10.8. The Kier molecular flexibility index (Phi) is 2.88. The zero-order chi connectivity index (χ0) is 12.5. The van der Waals surface area contributed by atoms with Gasteiger partial charge in [-0.1, -0.05) is 17.7 Å². The van der Waals surface area contributed by atoms with Crippen molar-refractivity contribution in [2.24, 2.45) is 0 Å². The predicted molar refractivity (Wildman–Crippen MR) is 77.6 cm³/mol. The van der Waals surface area contributed by atoms with Crippen LogP contribution in [0.1, 0.15) is 17.5 Å². The highest BCUT2D eigenvalue weighted by Gasteiger charge is 2.11. The number of hydrogen-bond donors (Lipinski definition) is 2. The number of nitrogens with one attached hydrogen (secondary N) is 1. The summed E-state index contributed by atoms with van der Waals surface area (Å²) in [6, 6.07) is 12.0. The van der Waals surface area contributed by atoms with Crippen LogP contribution in [0.25, 0.3) is 0 Å². The molecule has 3 heteroatoms. The summed E-state index contributed by atoms with van der Waals surface area (Å²) < 4.78 is 0. The second kappa shape index (κ2) is 4.54. The van der Waals surface area contributed by atoms with Crippen molar-refractivity contribution in [1.29, 1.82) is 0 Å². The first-order chi connectivity index (χ1) is 8.72. The number of fused-ring (bicyclic) bond motifs is 1. The van der Waals surface area contributed by atoms with Gasteiger partial charge in [0, 0.05) is 10.7 Å². The lowest BCUT2D eigenvalue weighted by atomic mass is 10.1. The van der Waals surface area contributed by atoms with Crippen LogP contribution >= 0.6 is 11.6 Å². The van der Waals surface area contributed by atoms with E-state index >= 15 is 0 Å². The third-order valence-corrected chi connectivity index (χ3v) is 3.63. The normalized spacial score (nSPS) is 13.4. The molecular weight excluding hydrogens is 244 g/mol. The summed E-state index contributed by atoms with van der Waals surface area (Å²) in [5, 5.41) is 4.00. The molecule has 0 amide bonds. The molecule has 0 aromatic heterocycles. The summed E-state index contributed by atoms with van der Waals surface area (Å²) in [7, 11) is 0. The van der Waals surface area contributed by atoms with Gasteiger partial charge in [-0.15, -0.1) is 0 Å². The van der Waals surface area contributed by atoms with Gasteiger partial charge in [0.1, 0.15) is 0 Å². The summed E-state index contributed by atoms with van der Waals surface area (Å²) in [5.74, 6) is 0. The van der Waals surface area contributed by atoms with Gasteiger partial charge in [0.05, 0.1) is 11.4 Å². The van der Waals surface area contributed by atoms with E-state index in [2.05, 4.69) is 23.5 Å². The van der Waals surface area contributed by atoms with Crippen LogP contribution in [0.2, 0.25) is 5.02 Å². The van der Waals surface area contributed by atoms with Gasteiger partial charge in [-0.25, -0.2) is 0 Å². The van der Waals surface area contributed by atoms with Crippen molar-refractivity contribution in [3.63, 3.8) is 0 Å². The molecule has 2 aromatic carbocycles. The Labute approximate surface area is 112 Å². The summed E-state index contributed by atoms with van der Waals surface area (Å²) in [4.78, 5) is 0. The maximum absolute atomic E-state index is 5.94. The van der Waals surface area contributed by atoms with E-state index in [1.807, 2.05) is 12.1 Å². The Hall–Kier alpha value is -1.67. The lowest BCUT2D eigenvalue weighted by Gasteiger charge is -2.11. The van der Waals surface area contributed by atoms with Crippen molar-refractivity contribution in [3.05, 3.63) is 52.5 Å². The van der Waals surface area contributed by atoms with Gasteiger partial charge in [-0.2, -0.15) is 0 Å². The highest BCUT2D eigenvalue weighted by Crippen LogP contribution is 2.29. The van der Waals surface area contributed by atoms with E-state index in [1.165, 1.54) is 30.4 Å². The molecule has 0 fully saturated rings. The van der Waals surface area contributed by atoms with Crippen LogP contribution in [0.15, 0.2) is 36.4 Å². The SMILES string of the molecule is Nc1cc(Cl)ccc1Nc1ccc2c(c1)CCC2. The largest absolute Gasteiger partial charge is 0.397 e. The summed E-state index contributed by atoms with van der Waals surface area (Å²) in [5.41, 5.74) is 11.5. The van der Waals surface area contributed by atoms with E-state index in [9.17, 15) is 0 Å². The summed E-state index contributed by atoms with van der Waals surface area (Å²) in [6.07, 6.45) is 3.65. The third kappa shape index (κ3) is 2.16. The second-order valence-electron chi connectivity index (χ2n) is 4.69. The molecule has 0 saturated carbocycles. The molecule has 92 valence electrons. The Morgan fingerprint density at radius 3 is 2.67 bits per heavy atom. The highest BCUT2D eigenvalue weighted by molar-refractivity contribution is 6.31. The second-order valence-corrected chi connectivity index (χ2v) is 5.13. The molecule has 0 atom stereocenters. The van der Waals surface area contributed by atoms with E-state index in [0.717, 1.165) is 11.4 Å². The topological polar surface area (TPSA) is 38.0 Å². The Balaban J connectivity index is 1.88. The number of nitrogens with two attached hydrogens (primary N) is 1. The van der Waals surface area contributed by atoms with Crippen molar-refractivity contribution in [2.75, 3.05) is 11.1 Å². The Morgan fingerprint density at radius 1 is 1.00 bits per heavy atom. The quantitative estimate of drug-likeness (QED) is 0.794. The number of hydrogen-bond acceptors (Lipinski definition) is 2. The number of aryl methyl sites for hydroxylation is 2. The molecule has 0 radical (unpaired) electrons. The first kappa shape index (κ1) is 11.4. The highest BCUT2D eigenvalue weighted by atomic mass is 35.5. The molecule has 0 bridgehead atoms. The monoisotopic (exact) mass is 258 g/mol. The minimum atomic E-state index is 0.659. The number of halogens is 1. The van der Waals surface area contributed by atoms with Crippen LogP contribution in [0, 0.1) is 0 Å². The predicted octanol–water partition coefficient (Wildman–Crippen LogP) is 4.15. The molecule has 0 saturated heterocycles.